The second kappa shape index (κ2) is 3.59. The molecule has 2 heterocycles. The van der Waals surface area contributed by atoms with E-state index < -0.39 is 5.97 Å². The molecule has 4 nitrogen and oxygen atoms in total. The van der Waals surface area contributed by atoms with Crippen LogP contribution in [0.15, 0.2) is 0 Å². The zero-order valence-electron chi connectivity index (χ0n) is 8.11. The van der Waals surface area contributed by atoms with E-state index in [1.165, 1.54) is 0 Å². The van der Waals surface area contributed by atoms with E-state index >= 15 is 0 Å². The average Bonchev–Trinajstić information content (AvgIpc) is 2.18. The maximum atomic E-state index is 11.5. The number of carbonyl (C=O) groups is 2. The number of amides is 1. The third-order valence-corrected chi connectivity index (χ3v) is 3.30. The van der Waals surface area contributed by atoms with Crippen molar-refractivity contribution >= 4 is 11.9 Å². The second-order valence-corrected chi connectivity index (χ2v) is 4.20. The van der Waals surface area contributed by atoms with Crippen LogP contribution in [0.4, 0.5) is 0 Å². The van der Waals surface area contributed by atoms with Crippen LogP contribution in [0.3, 0.4) is 0 Å². The molecule has 78 valence electrons. The summed E-state index contributed by atoms with van der Waals surface area (Å²) in [4.78, 5) is 24.1. The predicted octanol–water partition coefficient (Wildman–Crippen LogP) is 0.862. The minimum atomic E-state index is -0.762. The first-order chi connectivity index (χ1) is 6.68. The third-order valence-electron chi connectivity index (χ3n) is 3.30. The summed E-state index contributed by atoms with van der Waals surface area (Å²) < 4.78 is 0. The van der Waals surface area contributed by atoms with Gasteiger partial charge in [-0.2, -0.15) is 0 Å². The van der Waals surface area contributed by atoms with Crippen LogP contribution in [0.25, 0.3) is 0 Å². The lowest BCUT2D eigenvalue weighted by Gasteiger charge is -2.41. The molecule has 0 radical (unpaired) electrons. The van der Waals surface area contributed by atoms with Gasteiger partial charge < -0.3 is 10.0 Å². The molecule has 2 fully saturated rings. The number of aliphatic carboxylic acids is 1. The van der Waals surface area contributed by atoms with Crippen molar-refractivity contribution in [2.45, 2.75) is 38.1 Å². The van der Waals surface area contributed by atoms with Gasteiger partial charge >= 0.3 is 5.97 Å². The molecule has 2 aliphatic heterocycles. The minimum absolute atomic E-state index is 0.146. The van der Waals surface area contributed by atoms with E-state index in [9.17, 15) is 9.59 Å². The lowest BCUT2D eigenvalue weighted by Crippen LogP contribution is -2.50. The van der Waals surface area contributed by atoms with E-state index in [4.69, 9.17) is 5.11 Å². The highest BCUT2D eigenvalue weighted by Gasteiger charge is 2.36. The summed E-state index contributed by atoms with van der Waals surface area (Å²) in [6, 6.07) is 0.326. The largest absolute Gasteiger partial charge is 0.481 e. The number of carboxylic acids is 1. The first-order valence-corrected chi connectivity index (χ1v) is 5.21. The fraction of sp³-hybridized carbons (Fsp3) is 0.800. The Bertz CT molecular complexity index is 264. The zero-order chi connectivity index (χ0) is 10.1. The highest BCUT2D eigenvalue weighted by Crippen LogP contribution is 2.29. The zero-order valence-corrected chi connectivity index (χ0v) is 8.11. The maximum Gasteiger partial charge on any atom is 0.308 e. The summed E-state index contributed by atoms with van der Waals surface area (Å²) in [5.41, 5.74) is 0. The van der Waals surface area contributed by atoms with Gasteiger partial charge in [-0.1, -0.05) is 0 Å². The summed E-state index contributed by atoms with van der Waals surface area (Å²) in [5.74, 6) is -0.956. The monoisotopic (exact) mass is 197 g/mol. The van der Waals surface area contributed by atoms with Crippen molar-refractivity contribution in [2.24, 2.45) is 5.92 Å². The van der Waals surface area contributed by atoms with Gasteiger partial charge in [-0.15, -0.1) is 0 Å². The Morgan fingerprint density at radius 3 is 2.86 bits per heavy atom. The van der Waals surface area contributed by atoms with Gasteiger partial charge in [-0.25, -0.2) is 0 Å². The van der Waals surface area contributed by atoms with Crippen molar-refractivity contribution in [2.75, 3.05) is 6.54 Å². The van der Waals surface area contributed by atoms with Crippen LogP contribution in [0.2, 0.25) is 0 Å². The van der Waals surface area contributed by atoms with Crippen LogP contribution >= 0.6 is 0 Å². The molecule has 2 unspecified atom stereocenters. The first-order valence-electron chi connectivity index (χ1n) is 5.21. The van der Waals surface area contributed by atoms with Gasteiger partial charge in [0.05, 0.1) is 5.92 Å². The number of hydrogen-bond acceptors (Lipinski definition) is 2. The minimum Gasteiger partial charge on any atom is -0.481 e. The van der Waals surface area contributed by atoms with Crippen LogP contribution in [0.1, 0.15) is 32.1 Å². The second-order valence-electron chi connectivity index (χ2n) is 4.20. The Balaban J connectivity index is 2.05. The highest BCUT2D eigenvalue weighted by molar-refractivity contribution is 5.79. The molecule has 0 saturated carbocycles. The van der Waals surface area contributed by atoms with Gasteiger partial charge in [0.2, 0.25) is 5.91 Å². The number of nitrogens with zero attached hydrogens (tertiary/aromatic N) is 1. The van der Waals surface area contributed by atoms with Gasteiger partial charge in [-0.3, -0.25) is 9.59 Å². The van der Waals surface area contributed by atoms with Crippen LogP contribution in [0.5, 0.6) is 0 Å². The fourth-order valence-corrected chi connectivity index (χ4v) is 2.47. The highest BCUT2D eigenvalue weighted by atomic mass is 16.4. The van der Waals surface area contributed by atoms with E-state index in [2.05, 4.69) is 0 Å². The molecule has 14 heavy (non-hydrogen) atoms. The van der Waals surface area contributed by atoms with Crippen LogP contribution in [-0.2, 0) is 9.59 Å². The van der Waals surface area contributed by atoms with Crippen molar-refractivity contribution in [1.29, 1.82) is 0 Å². The molecule has 0 aromatic carbocycles. The molecular formula is C10H15NO3. The van der Waals surface area contributed by atoms with Crippen molar-refractivity contribution in [3.05, 3.63) is 0 Å². The van der Waals surface area contributed by atoms with Gasteiger partial charge in [-0.05, 0) is 25.7 Å². The van der Waals surface area contributed by atoms with E-state index in [-0.39, 0.29) is 11.8 Å². The Hall–Kier alpha value is -1.06. The molecule has 0 aliphatic carbocycles. The van der Waals surface area contributed by atoms with Crippen LogP contribution in [-0.4, -0.2) is 34.5 Å². The number of fused-ring (bicyclic) bond motifs is 1. The van der Waals surface area contributed by atoms with Gasteiger partial charge in [0.1, 0.15) is 0 Å². The summed E-state index contributed by atoms with van der Waals surface area (Å²) in [7, 11) is 0. The van der Waals surface area contributed by atoms with Crippen molar-refractivity contribution in [3.63, 3.8) is 0 Å². The molecule has 0 bridgehead atoms. The van der Waals surface area contributed by atoms with Gasteiger partial charge in [0.25, 0.3) is 0 Å². The van der Waals surface area contributed by atoms with Gasteiger partial charge in [0.15, 0.2) is 0 Å². The normalized spacial score (nSPS) is 32.6. The van der Waals surface area contributed by atoms with E-state index in [0.717, 1.165) is 25.7 Å². The molecule has 0 aromatic heterocycles. The fourth-order valence-electron chi connectivity index (χ4n) is 2.47. The lowest BCUT2D eigenvalue weighted by atomic mass is 9.87. The molecule has 0 aromatic rings. The molecule has 0 spiro atoms. The molecule has 2 atom stereocenters. The number of piperidine rings is 2. The van der Waals surface area contributed by atoms with Crippen LogP contribution < -0.4 is 0 Å². The summed E-state index contributed by atoms with van der Waals surface area (Å²) in [5, 5.41) is 8.88. The molecule has 1 amide bonds. The summed E-state index contributed by atoms with van der Waals surface area (Å²) in [6.07, 6.45) is 4.21. The van der Waals surface area contributed by atoms with E-state index in [0.29, 0.717) is 19.0 Å². The number of carboxylic acid groups (broad SMARTS) is 1. The van der Waals surface area contributed by atoms with Crippen molar-refractivity contribution in [3.8, 4) is 0 Å². The van der Waals surface area contributed by atoms with E-state index in [1.54, 1.807) is 4.90 Å². The molecule has 2 saturated heterocycles. The van der Waals surface area contributed by atoms with Crippen molar-refractivity contribution in [1.82, 2.24) is 4.90 Å². The molecule has 4 heteroatoms. The van der Waals surface area contributed by atoms with Gasteiger partial charge in [0, 0.05) is 19.0 Å². The lowest BCUT2D eigenvalue weighted by molar-refractivity contribution is -0.149. The summed E-state index contributed by atoms with van der Waals surface area (Å²) >= 11 is 0. The number of rotatable bonds is 1. The number of carbonyl (C=O) groups excluding carboxylic acids is 1. The molecular weight excluding hydrogens is 182 g/mol. The Kier molecular flexibility index (Phi) is 2.44. The molecule has 2 rings (SSSR count). The van der Waals surface area contributed by atoms with E-state index in [1.807, 2.05) is 0 Å². The first kappa shape index (κ1) is 9.49. The third kappa shape index (κ3) is 1.61. The quantitative estimate of drug-likeness (QED) is 0.678. The SMILES string of the molecule is O=C(O)C1CCC2CCCC(=O)N2C1. The summed E-state index contributed by atoms with van der Waals surface area (Å²) in [6.45, 7) is 0.429. The Morgan fingerprint density at radius 1 is 1.36 bits per heavy atom. The molecule has 1 N–H and O–H groups in total. The maximum absolute atomic E-state index is 11.5. The van der Waals surface area contributed by atoms with Crippen molar-refractivity contribution < 1.29 is 14.7 Å². The Labute approximate surface area is 82.9 Å². The smallest absolute Gasteiger partial charge is 0.308 e. The van der Waals surface area contributed by atoms with Crippen LogP contribution in [0, 0.1) is 5.92 Å². The Morgan fingerprint density at radius 2 is 2.14 bits per heavy atom. The predicted molar refractivity (Wildman–Crippen MR) is 49.7 cm³/mol. The molecule has 2 aliphatic rings. The topological polar surface area (TPSA) is 57.6 Å². The average molecular weight is 197 g/mol. The number of hydrogen-bond donors (Lipinski definition) is 1. The standard InChI is InChI=1S/C10H15NO3/c12-9-3-1-2-8-5-4-7(10(13)14)6-11(8)9/h7-8H,1-6H2,(H,13,14).